The van der Waals surface area contributed by atoms with Crippen LogP contribution in [0.3, 0.4) is 0 Å². The van der Waals surface area contributed by atoms with Crippen LogP contribution in [0, 0.1) is 6.92 Å². The minimum Gasteiger partial charge on any atom is -0.478 e. The summed E-state index contributed by atoms with van der Waals surface area (Å²) in [5, 5.41) is 0.720. The first-order valence-corrected chi connectivity index (χ1v) is 11.0. The summed E-state index contributed by atoms with van der Waals surface area (Å²) in [4.78, 5) is 15.4. The molecule has 0 bridgehead atoms. The SMILES string of the molecule is Cc1cc2c(c3c1C(=O)/C(=C/c1ccc4c(c1)OCO4)O3)CN(Cc1ccccc1Cl)CO2. The van der Waals surface area contributed by atoms with Crippen LogP contribution in [0.5, 0.6) is 23.0 Å². The molecule has 0 radical (unpaired) electrons. The van der Waals surface area contributed by atoms with Crippen LogP contribution in [-0.2, 0) is 13.1 Å². The maximum Gasteiger partial charge on any atom is 0.232 e. The second kappa shape index (κ2) is 7.83. The molecule has 0 fully saturated rings. The third kappa shape index (κ3) is 3.52. The predicted molar refractivity (Wildman–Crippen MR) is 123 cm³/mol. The Bertz CT molecular complexity index is 1330. The number of allylic oxidation sites excluding steroid dienone is 1. The van der Waals surface area contributed by atoms with E-state index in [1.807, 2.05) is 55.5 Å². The smallest absolute Gasteiger partial charge is 0.232 e. The van der Waals surface area contributed by atoms with Crippen molar-refractivity contribution in [3.63, 3.8) is 0 Å². The largest absolute Gasteiger partial charge is 0.478 e. The van der Waals surface area contributed by atoms with Gasteiger partial charge in [-0.25, -0.2) is 0 Å². The normalized spacial score (nSPS) is 17.5. The number of fused-ring (bicyclic) bond motifs is 4. The summed E-state index contributed by atoms with van der Waals surface area (Å²) < 4.78 is 23.0. The Morgan fingerprint density at radius 2 is 1.88 bits per heavy atom. The summed E-state index contributed by atoms with van der Waals surface area (Å²) >= 11 is 6.35. The number of carbonyl (C=O) groups is 1. The van der Waals surface area contributed by atoms with Crippen LogP contribution in [0.2, 0.25) is 5.02 Å². The molecule has 0 N–H and O–H groups in total. The Morgan fingerprint density at radius 1 is 1.03 bits per heavy atom. The molecule has 3 aromatic carbocycles. The van der Waals surface area contributed by atoms with Crippen LogP contribution in [0.15, 0.2) is 54.3 Å². The zero-order valence-corrected chi connectivity index (χ0v) is 18.6. The molecule has 0 saturated heterocycles. The molecule has 7 heteroatoms. The van der Waals surface area contributed by atoms with Gasteiger partial charge in [0.15, 0.2) is 17.3 Å². The zero-order valence-electron chi connectivity index (χ0n) is 17.9. The number of ether oxygens (including phenoxy) is 4. The zero-order chi connectivity index (χ0) is 22.5. The highest BCUT2D eigenvalue weighted by Gasteiger charge is 2.35. The predicted octanol–water partition coefficient (Wildman–Crippen LogP) is 5.35. The number of rotatable bonds is 3. The van der Waals surface area contributed by atoms with Crippen LogP contribution in [0.4, 0.5) is 0 Å². The first-order valence-electron chi connectivity index (χ1n) is 10.7. The number of halogens is 1. The molecular weight excluding hydrogens is 442 g/mol. The molecule has 0 unspecified atom stereocenters. The van der Waals surface area contributed by atoms with Crippen LogP contribution < -0.4 is 18.9 Å². The summed E-state index contributed by atoms with van der Waals surface area (Å²) in [5.74, 6) is 2.82. The van der Waals surface area contributed by atoms with E-state index in [1.165, 1.54) is 0 Å². The Morgan fingerprint density at radius 3 is 2.76 bits per heavy atom. The van der Waals surface area contributed by atoms with Gasteiger partial charge < -0.3 is 18.9 Å². The molecule has 3 heterocycles. The van der Waals surface area contributed by atoms with Gasteiger partial charge in [-0.3, -0.25) is 9.69 Å². The van der Waals surface area contributed by atoms with E-state index in [0.717, 1.165) is 33.0 Å². The Labute approximate surface area is 195 Å². The van der Waals surface area contributed by atoms with Gasteiger partial charge in [-0.2, -0.15) is 0 Å². The second-order valence-corrected chi connectivity index (χ2v) is 8.69. The number of carbonyl (C=O) groups excluding carboxylic acids is 1. The summed E-state index contributed by atoms with van der Waals surface area (Å²) in [6, 6.07) is 15.2. The molecule has 6 nitrogen and oxygen atoms in total. The molecule has 3 aliphatic rings. The van der Waals surface area contributed by atoms with Gasteiger partial charge in [-0.1, -0.05) is 35.9 Å². The molecule has 0 amide bonds. The number of ketones is 1. The minimum absolute atomic E-state index is 0.133. The van der Waals surface area contributed by atoms with E-state index in [2.05, 4.69) is 4.90 Å². The van der Waals surface area contributed by atoms with Gasteiger partial charge in [-0.15, -0.1) is 0 Å². The molecule has 3 aromatic rings. The van der Waals surface area contributed by atoms with Gasteiger partial charge in [0.1, 0.15) is 18.2 Å². The van der Waals surface area contributed by atoms with Crippen molar-refractivity contribution in [3.8, 4) is 23.0 Å². The first kappa shape index (κ1) is 20.1. The van der Waals surface area contributed by atoms with Crippen molar-refractivity contribution in [2.75, 3.05) is 13.5 Å². The lowest BCUT2D eigenvalue weighted by molar-refractivity contribution is 0.0872. The summed E-state index contributed by atoms with van der Waals surface area (Å²) in [6.07, 6.45) is 1.74. The van der Waals surface area contributed by atoms with Gasteiger partial charge in [0.25, 0.3) is 0 Å². The van der Waals surface area contributed by atoms with E-state index in [-0.39, 0.29) is 18.3 Å². The fourth-order valence-corrected chi connectivity index (χ4v) is 4.59. The average molecular weight is 462 g/mol. The number of aryl methyl sites for hydroxylation is 1. The molecule has 0 saturated carbocycles. The average Bonchev–Trinajstić information content (AvgIpc) is 3.40. The molecule has 33 heavy (non-hydrogen) atoms. The maximum atomic E-state index is 13.2. The lowest BCUT2D eigenvalue weighted by Gasteiger charge is -2.30. The fraction of sp³-hybridized carbons (Fsp3) is 0.192. The molecular formula is C26H20ClNO5. The number of hydrogen-bond acceptors (Lipinski definition) is 6. The van der Waals surface area contributed by atoms with Crippen LogP contribution in [-0.4, -0.2) is 24.2 Å². The number of benzene rings is 3. The Balaban J connectivity index is 1.32. The lowest BCUT2D eigenvalue weighted by atomic mass is 9.98. The quantitative estimate of drug-likeness (QED) is 0.490. The van der Waals surface area contributed by atoms with Crippen LogP contribution in [0.1, 0.15) is 32.6 Å². The van der Waals surface area contributed by atoms with E-state index in [0.29, 0.717) is 42.6 Å². The molecule has 0 aliphatic carbocycles. The van der Waals surface area contributed by atoms with Gasteiger partial charge in [0.2, 0.25) is 12.6 Å². The van der Waals surface area contributed by atoms with Crippen molar-refractivity contribution in [1.82, 2.24) is 4.90 Å². The summed E-state index contributed by atoms with van der Waals surface area (Å²) in [5.41, 5.74) is 4.12. The van der Waals surface area contributed by atoms with E-state index >= 15 is 0 Å². The molecule has 3 aliphatic heterocycles. The Hall–Kier alpha value is -3.48. The van der Waals surface area contributed by atoms with Gasteiger partial charge >= 0.3 is 0 Å². The van der Waals surface area contributed by atoms with Crippen molar-refractivity contribution in [3.05, 3.63) is 87.1 Å². The molecule has 6 rings (SSSR count). The minimum atomic E-state index is -0.133. The van der Waals surface area contributed by atoms with Crippen molar-refractivity contribution in [2.24, 2.45) is 0 Å². The standard InChI is InChI=1S/C26H20ClNO5/c1-15-8-21-18(12-28(13-30-21)11-17-4-2-3-5-19(17)27)26-24(15)25(29)23(33-26)10-16-6-7-20-22(9-16)32-14-31-20/h2-10H,11-14H2,1H3/b23-10-. The van der Waals surface area contributed by atoms with Crippen LogP contribution >= 0.6 is 11.6 Å². The van der Waals surface area contributed by atoms with Crippen molar-refractivity contribution in [2.45, 2.75) is 20.0 Å². The Kier molecular flexibility index (Phi) is 4.78. The molecule has 0 aromatic heterocycles. The van der Waals surface area contributed by atoms with E-state index in [4.69, 9.17) is 30.5 Å². The highest BCUT2D eigenvalue weighted by Crippen LogP contribution is 2.44. The molecule has 0 atom stereocenters. The molecule has 166 valence electrons. The van der Waals surface area contributed by atoms with Gasteiger partial charge in [0, 0.05) is 18.1 Å². The number of nitrogens with zero attached hydrogens (tertiary/aromatic N) is 1. The lowest BCUT2D eigenvalue weighted by Crippen LogP contribution is -2.32. The highest BCUT2D eigenvalue weighted by molar-refractivity contribution is 6.31. The number of Topliss-reactive ketones (excluding diaryl/α,β-unsaturated/α-hetero) is 1. The van der Waals surface area contributed by atoms with Crippen molar-refractivity contribution in [1.29, 1.82) is 0 Å². The van der Waals surface area contributed by atoms with Gasteiger partial charge in [-0.05, 0) is 54.0 Å². The first-order chi connectivity index (χ1) is 16.1. The second-order valence-electron chi connectivity index (χ2n) is 8.28. The fourth-order valence-electron chi connectivity index (χ4n) is 4.40. The van der Waals surface area contributed by atoms with Crippen molar-refractivity contribution >= 4 is 23.5 Å². The van der Waals surface area contributed by atoms with E-state index in [9.17, 15) is 4.79 Å². The van der Waals surface area contributed by atoms with Crippen molar-refractivity contribution < 1.29 is 23.7 Å². The number of hydrogen-bond donors (Lipinski definition) is 0. The van der Waals surface area contributed by atoms with E-state index < -0.39 is 0 Å². The highest BCUT2D eigenvalue weighted by atomic mass is 35.5. The third-order valence-electron chi connectivity index (χ3n) is 6.03. The maximum absolute atomic E-state index is 13.2. The molecule has 0 spiro atoms. The van der Waals surface area contributed by atoms with E-state index in [1.54, 1.807) is 6.08 Å². The topological polar surface area (TPSA) is 57.2 Å². The third-order valence-corrected chi connectivity index (χ3v) is 6.40. The summed E-state index contributed by atoms with van der Waals surface area (Å²) in [7, 11) is 0. The van der Waals surface area contributed by atoms with Gasteiger partial charge in [0.05, 0.1) is 11.1 Å². The summed E-state index contributed by atoms with van der Waals surface area (Å²) in [6.45, 7) is 3.77. The monoisotopic (exact) mass is 461 g/mol. The van der Waals surface area contributed by atoms with Crippen LogP contribution in [0.25, 0.3) is 6.08 Å².